The Bertz CT molecular complexity index is 344. The number of nitrogen functional groups attached to an aromatic ring is 2. The van der Waals surface area contributed by atoms with Crippen LogP contribution in [0.15, 0.2) is 18.2 Å². The Morgan fingerprint density at radius 2 is 1.88 bits per heavy atom. The molecule has 0 amide bonds. The molecule has 4 nitrogen and oxygen atoms in total. The van der Waals surface area contributed by atoms with Crippen LogP contribution in [-0.2, 0) is 16.1 Å². The predicted octanol–water partition coefficient (Wildman–Crippen LogP) is 2.08. The van der Waals surface area contributed by atoms with Crippen LogP contribution in [0.1, 0.15) is 31.7 Å². The number of hydrogen-bond donors (Lipinski definition) is 2. The highest BCUT2D eigenvalue weighted by Crippen LogP contribution is 2.14. The van der Waals surface area contributed by atoms with Gasteiger partial charge in [-0.25, -0.2) is 0 Å². The molecule has 0 atom stereocenters. The highest BCUT2D eigenvalue weighted by atomic mass is 16.5. The first kappa shape index (κ1) is 12.4. The van der Waals surface area contributed by atoms with E-state index in [9.17, 15) is 4.79 Å². The number of benzene rings is 1. The van der Waals surface area contributed by atoms with E-state index in [1.165, 1.54) is 0 Å². The second kappa shape index (κ2) is 6.00. The van der Waals surface area contributed by atoms with E-state index in [0.29, 0.717) is 17.8 Å². The van der Waals surface area contributed by atoms with Gasteiger partial charge < -0.3 is 16.2 Å². The molecule has 0 aromatic heterocycles. The van der Waals surface area contributed by atoms with Gasteiger partial charge in [-0.1, -0.05) is 13.3 Å². The number of carbonyl (C=O) groups is 1. The fourth-order valence-corrected chi connectivity index (χ4v) is 1.39. The van der Waals surface area contributed by atoms with E-state index < -0.39 is 0 Å². The van der Waals surface area contributed by atoms with E-state index in [4.69, 9.17) is 16.2 Å². The number of anilines is 2. The maximum Gasteiger partial charge on any atom is 0.306 e. The molecule has 16 heavy (non-hydrogen) atoms. The van der Waals surface area contributed by atoms with E-state index in [-0.39, 0.29) is 12.6 Å². The molecular weight excluding hydrogens is 204 g/mol. The summed E-state index contributed by atoms with van der Waals surface area (Å²) in [5.74, 6) is -0.178. The number of unbranched alkanes of at least 4 members (excludes halogenated alkanes) is 1. The molecule has 1 aromatic rings. The van der Waals surface area contributed by atoms with Crippen molar-refractivity contribution in [3.63, 3.8) is 0 Å². The zero-order valence-electron chi connectivity index (χ0n) is 9.53. The molecule has 0 aliphatic carbocycles. The summed E-state index contributed by atoms with van der Waals surface area (Å²) < 4.78 is 5.09. The Kier molecular flexibility index (Phi) is 4.64. The lowest BCUT2D eigenvalue weighted by Gasteiger charge is -2.06. The van der Waals surface area contributed by atoms with Crippen molar-refractivity contribution in [2.24, 2.45) is 0 Å². The SMILES string of the molecule is CCCCC(=O)OCc1cc(N)cc(N)c1. The van der Waals surface area contributed by atoms with Crippen LogP contribution in [0.25, 0.3) is 0 Å². The third-order valence-electron chi connectivity index (χ3n) is 2.17. The van der Waals surface area contributed by atoms with E-state index in [0.717, 1.165) is 18.4 Å². The van der Waals surface area contributed by atoms with Crippen molar-refractivity contribution < 1.29 is 9.53 Å². The fourth-order valence-electron chi connectivity index (χ4n) is 1.39. The van der Waals surface area contributed by atoms with Crippen molar-refractivity contribution >= 4 is 17.3 Å². The van der Waals surface area contributed by atoms with Crippen molar-refractivity contribution in [2.45, 2.75) is 32.8 Å². The number of ether oxygens (including phenoxy) is 1. The van der Waals surface area contributed by atoms with Crippen LogP contribution in [0, 0.1) is 0 Å². The molecule has 1 rings (SSSR count). The fraction of sp³-hybridized carbons (Fsp3) is 0.417. The van der Waals surface area contributed by atoms with Crippen molar-refractivity contribution in [3.05, 3.63) is 23.8 Å². The minimum absolute atomic E-state index is 0.178. The highest BCUT2D eigenvalue weighted by Gasteiger charge is 2.03. The lowest BCUT2D eigenvalue weighted by atomic mass is 10.2. The Morgan fingerprint density at radius 3 is 2.44 bits per heavy atom. The summed E-state index contributed by atoms with van der Waals surface area (Å²) in [6, 6.07) is 5.18. The molecule has 0 saturated heterocycles. The molecule has 4 N–H and O–H groups in total. The lowest BCUT2D eigenvalue weighted by molar-refractivity contribution is -0.145. The van der Waals surface area contributed by atoms with Gasteiger partial charge in [0.05, 0.1) is 0 Å². The average molecular weight is 222 g/mol. The summed E-state index contributed by atoms with van der Waals surface area (Å²) in [6.45, 7) is 2.27. The first-order chi connectivity index (χ1) is 7.61. The van der Waals surface area contributed by atoms with Crippen molar-refractivity contribution in [2.75, 3.05) is 11.5 Å². The molecule has 0 fully saturated rings. The van der Waals surface area contributed by atoms with Crippen LogP contribution in [0.2, 0.25) is 0 Å². The van der Waals surface area contributed by atoms with Gasteiger partial charge in [0.15, 0.2) is 0 Å². The van der Waals surface area contributed by atoms with Crippen LogP contribution in [0.5, 0.6) is 0 Å². The summed E-state index contributed by atoms with van der Waals surface area (Å²) in [6.07, 6.45) is 2.31. The van der Waals surface area contributed by atoms with Crippen molar-refractivity contribution in [3.8, 4) is 0 Å². The highest BCUT2D eigenvalue weighted by molar-refractivity contribution is 5.69. The molecule has 0 aliphatic heterocycles. The zero-order chi connectivity index (χ0) is 12.0. The third-order valence-corrected chi connectivity index (χ3v) is 2.17. The van der Waals surface area contributed by atoms with Gasteiger partial charge in [-0.3, -0.25) is 4.79 Å². The molecule has 0 unspecified atom stereocenters. The van der Waals surface area contributed by atoms with Gasteiger partial charge in [0.1, 0.15) is 6.61 Å². The summed E-state index contributed by atoms with van der Waals surface area (Å²) in [5, 5.41) is 0. The molecule has 1 aromatic carbocycles. The standard InChI is InChI=1S/C12H18N2O2/c1-2-3-4-12(15)16-8-9-5-10(13)7-11(14)6-9/h5-7H,2-4,8,13-14H2,1H3. The van der Waals surface area contributed by atoms with E-state index in [1.54, 1.807) is 18.2 Å². The van der Waals surface area contributed by atoms with Crippen LogP contribution in [0.3, 0.4) is 0 Å². The summed E-state index contributed by atoms with van der Waals surface area (Å²) in [4.78, 5) is 11.3. The minimum atomic E-state index is -0.178. The lowest BCUT2D eigenvalue weighted by Crippen LogP contribution is -2.04. The van der Waals surface area contributed by atoms with Gasteiger partial charge in [-0.05, 0) is 30.2 Å². The first-order valence-electron chi connectivity index (χ1n) is 5.42. The maximum atomic E-state index is 11.3. The normalized spacial score (nSPS) is 10.1. The number of esters is 1. The number of nitrogens with two attached hydrogens (primary N) is 2. The van der Waals surface area contributed by atoms with Crippen LogP contribution < -0.4 is 11.5 Å². The minimum Gasteiger partial charge on any atom is -0.461 e. The molecule has 0 bridgehead atoms. The van der Waals surface area contributed by atoms with Gasteiger partial charge in [-0.2, -0.15) is 0 Å². The summed E-state index contributed by atoms with van der Waals surface area (Å²) in [7, 11) is 0. The van der Waals surface area contributed by atoms with Crippen LogP contribution >= 0.6 is 0 Å². The second-order valence-electron chi connectivity index (χ2n) is 3.77. The van der Waals surface area contributed by atoms with E-state index in [2.05, 4.69) is 0 Å². The van der Waals surface area contributed by atoms with Crippen molar-refractivity contribution in [1.29, 1.82) is 0 Å². The Morgan fingerprint density at radius 1 is 1.25 bits per heavy atom. The largest absolute Gasteiger partial charge is 0.461 e. The average Bonchev–Trinajstić information content (AvgIpc) is 2.22. The molecule has 0 spiro atoms. The molecule has 0 aliphatic rings. The molecular formula is C12H18N2O2. The van der Waals surface area contributed by atoms with Gasteiger partial charge in [0.2, 0.25) is 0 Å². The van der Waals surface area contributed by atoms with Gasteiger partial charge >= 0.3 is 5.97 Å². The zero-order valence-corrected chi connectivity index (χ0v) is 9.53. The predicted molar refractivity (Wildman–Crippen MR) is 64.6 cm³/mol. The molecule has 0 saturated carbocycles. The van der Waals surface area contributed by atoms with Crippen LogP contribution in [-0.4, -0.2) is 5.97 Å². The maximum absolute atomic E-state index is 11.3. The van der Waals surface area contributed by atoms with E-state index >= 15 is 0 Å². The molecule has 0 heterocycles. The van der Waals surface area contributed by atoms with Gasteiger partial charge in [0.25, 0.3) is 0 Å². The topological polar surface area (TPSA) is 78.3 Å². The Labute approximate surface area is 95.6 Å². The number of hydrogen-bond acceptors (Lipinski definition) is 4. The number of carbonyl (C=O) groups excluding carboxylic acids is 1. The molecule has 0 radical (unpaired) electrons. The summed E-state index contributed by atoms with van der Waals surface area (Å²) >= 11 is 0. The molecule has 88 valence electrons. The second-order valence-corrected chi connectivity index (χ2v) is 3.77. The van der Waals surface area contributed by atoms with Crippen LogP contribution in [0.4, 0.5) is 11.4 Å². The van der Waals surface area contributed by atoms with Crippen molar-refractivity contribution in [1.82, 2.24) is 0 Å². The number of rotatable bonds is 5. The van der Waals surface area contributed by atoms with E-state index in [1.807, 2.05) is 6.92 Å². The molecule has 4 heteroatoms. The Hall–Kier alpha value is -1.71. The Balaban J connectivity index is 2.45. The summed E-state index contributed by atoms with van der Waals surface area (Å²) in [5.41, 5.74) is 13.2. The van der Waals surface area contributed by atoms with Gasteiger partial charge in [0, 0.05) is 17.8 Å². The third kappa shape index (κ3) is 4.21. The monoisotopic (exact) mass is 222 g/mol. The first-order valence-corrected chi connectivity index (χ1v) is 5.42. The smallest absolute Gasteiger partial charge is 0.306 e. The van der Waals surface area contributed by atoms with Gasteiger partial charge in [-0.15, -0.1) is 0 Å². The quantitative estimate of drug-likeness (QED) is 0.590.